The number of nitro groups is 1. The van der Waals surface area contributed by atoms with Gasteiger partial charge in [0.25, 0.3) is 0 Å². The summed E-state index contributed by atoms with van der Waals surface area (Å²) in [7, 11) is 0. The number of aliphatic carboxylic acids is 1. The Morgan fingerprint density at radius 3 is 2.57 bits per heavy atom. The average molecular weight is 310 g/mol. The van der Waals surface area contributed by atoms with Gasteiger partial charge in [0.1, 0.15) is 12.7 Å². The number of imidazole rings is 1. The Labute approximate surface area is 116 Å². The van der Waals surface area contributed by atoms with E-state index in [-0.39, 0.29) is 18.2 Å². The van der Waals surface area contributed by atoms with E-state index in [1.54, 1.807) is 0 Å². The molecule has 0 aliphatic rings. The van der Waals surface area contributed by atoms with Crippen molar-refractivity contribution in [1.82, 2.24) is 14.9 Å². The van der Waals surface area contributed by atoms with Crippen LogP contribution in [0.25, 0.3) is 0 Å². The number of alkyl halides is 3. The predicted octanol–water partition coefficient (Wildman–Crippen LogP) is 1.09. The summed E-state index contributed by atoms with van der Waals surface area (Å²) in [6, 6.07) is 0. The van der Waals surface area contributed by atoms with Crippen molar-refractivity contribution in [1.29, 1.82) is 0 Å². The summed E-state index contributed by atoms with van der Waals surface area (Å²) in [4.78, 5) is 24.5. The first kappa shape index (κ1) is 16.9. The van der Waals surface area contributed by atoms with Gasteiger partial charge in [-0.3, -0.25) is 5.32 Å². The molecule has 0 aromatic carbocycles. The molecule has 2 N–H and O–H groups in total. The molecule has 0 aliphatic carbocycles. The second kappa shape index (κ2) is 5.68. The molecule has 118 valence electrons. The normalized spacial score (nSPS) is 14.7. The van der Waals surface area contributed by atoms with Crippen molar-refractivity contribution in [2.45, 2.75) is 32.1 Å². The fourth-order valence-corrected chi connectivity index (χ4v) is 1.59. The van der Waals surface area contributed by atoms with Crippen LogP contribution in [0.3, 0.4) is 0 Å². The zero-order valence-electron chi connectivity index (χ0n) is 11.1. The summed E-state index contributed by atoms with van der Waals surface area (Å²) >= 11 is 0. The molecule has 21 heavy (non-hydrogen) atoms. The maximum atomic E-state index is 12.7. The Balaban J connectivity index is 2.84. The van der Waals surface area contributed by atoms with E-state index in [0.29, 0.717) is 6.92 Å². The van der Waals surface area contributed by atoms with Crippen LogP contribution in [0.15, 0.2) is 6.20 Å². The summed E-state index contributed by atoms with van der Waals surface area (Å²) in [6.45, 7) is 1.29. The Kier molecular flexibility index (Phi) is 4.56. The highest BCUT2D eigenvalue weighted by Crippen LogP contribution is 2.30. The quantitative estimate of drug-likeness (QED) is 0.601. The minimum atomic E-state index is -5.01. The van der Waals surface area contributed by atoms with Crippen LogP contribution < -0.4 is 5.32 Å². The van der Waals surface area contributed by atoms with E-state index >= 15 is 0 Å². The van der Waals surface area contributed by atoms with Crippen LogP contribution >= 0.6 is 0 Å². The maximum Gasteiger partial charge on any atom is 0.417 e. The number of nitrogens with one attached hydrogen (secondary N) is 1. The first-order chi connectivity index (χ1) is 9.50. The molecule has 1 aromatic heterocycles. The van der Waals surface area contributed by atoms with E-state index in [4.69, 9.17) is 5.11 Å². The maximum absolute atomic E-state index is 12.7. The Morgan fingerprint density at radius 2 is 2.14 bits per heavy atom. The lowest BCUT2D eigenvalue weighted by Gasteiger charge is -2.28. The zero-order valence-corrected chi connectivity index (χ0v) is 11.1. The first-order valence-electron chi connectivity index (χ1n) is 5.72. The molecule has 0 aliphatic heterocycles. The lowest BCUT2D eigenvalue weighted by atomic mass is 10.0. The highest BCUT2D eigenvalue weighted by atomic mass is 19.4. The molecule has 0 bridgehead atoms. The number of aromatic nitrogens is 2. The molecule has 1 atom stereocenters. The van der Waals surface area contributed by atoms with Crippen LogP contribution in [0.2, 0.25) is 0 Å². The SMILES string of the molecule is Cc1ncc([N+](=O)[O-])n1CCNC(C)(C(=O)O)C(F)(F)F. The third kappa shape index (κ3) is 3.29. The standard InChI is InChI=1S/C10H13F3N4O4/c1-6-14-5-7(17(20)21)16(6)4-3-15-9(2,8(18)19)10(11,12)13/h5,15H,3-4H2,1-2H3,(H,18,19). The second-order valence-electron chi connectivity index (χ2n) is 4.43. The van der Waals surface area contributed by atoms with Crippen molar-refractivity contribution in [2.24, 2.45) is 0 Å². The number of aryl methyl sites for hydroxylation is 1. The second-order valence-corrected chi connectivity index (χ2v) is 4.43. The Bertz CT molecular complexity index is 557. The zero-order chi connectivity index (χ0) is 16.4. The summed E-state index contributed by atoms with van der Waals surface area (Å²) in [5.41, 5.74) is -3.13. The van der Waals surface area contributed by atoms with Gasteiger partial charge in [-0.1, -0.05) is 0 Å². The van der Waals surface area contributed by atoms with Gasteiger partial charge in [0.2, 0.25) is 5.54 Å². The number of nitrogens with zero attached hydrogens (tertiary/aromatic N) is 3. The van der Waals surface area contributed by atoms with E-state index in [9.17, 15) is 28.1 Å². The predicted molar refractivity (Wildman–Crippen MR) is 63.7 cm³/mol. The van der Waals surface area contributed by atoms with E-state index in [0.717, 1.165) is 10.8 Å². The monoisotopic (exact) mass is 310 g/mol. The minimum absolute atomic E-state index is 0.221. The number of halogens is 3. The van der Waals surface area contributed by atoms with Crippen LogP contribution in [-0.4, -0.2) is 43.8 Å². The van der Waals surface area contributed by atoms with Gasteiger partial charge in [0.15, 0.2) is 5.82 Å². The van der Waals surface area contributed by atoms with Gasteiger partial charge in [-0.25, -0.2) is 14.3 Å². The molecule has 0 fully saturated rings. The van der Waals surface area contributed by atoms with E-state index < -0.39 is 29.2 Å². The third-order valence-corrected chi connectivity index (χ3v) is 3.03. The van der Waals surface area contributed by atoms with Gasteiger partial charge in [-0.05, 0) is 11.8 Å². The summed E-state index contributed by atoms with van der Waals surface area (Å²) in [5, 5.41) is 21.3. The van der Waals surface area contributed by atoms with Gasteiger partial charge in [0.05, 0.1) is 0 Å². The number of carboxylic acid groups (broad SMARTS) is 1. The fourth-order valence-electron chi connectivity index (χ4n) is 1.59. The molecule has 0 saturated heterocycles. The molecule has 1 aromatic rings. The van der Waals surface area contributed by atoms with Crippen molar-refractivity contribution in [3.8, 4) is 0 Å². The van der Waals surface area contributed by atoms with Crippen molar-refractivity contribution in [3.63, 3.8) is 0 Å². The van der Waals surface area contributed by atoms with Gasteiger partial charge in [-0.15, -0.1) is 0 Å². The number of carbonyl (C=O) groups is 1. The van der Waals surface area contributed by atoms with E-state index in [1.807, 2.05) is 5.32 Å². The topological polar surface area (TPSA) is 110 Å². The molecule has 0 radical (unpaired) electrons. The Hall–Kier alpha value is -2.17. The van der Waals surface area contributed by atoms with E-state index in [2.05, 4.69) is 4.98 Å². The summed E-state index contributed by atoms with van der Waals surface area (Å²) in [5.74, 6) is -2.21. The highest BCUT2D eigenvalue weighted by molar-refractivity contribution is 5.79. The number of carboxylic acids is 1. The smallest absolute Gasteiger partial charge is 0.417 e. The summed E-state index contributed by atoms with van der Waals surface area (Å²) < 4.78 is 39.3. The molecule has 1 heterocycles. The minimum Gasteiger partial charge on any atom is -0.480 e. The van der Waals surface area contributed by atoms with Crippen LogP contribution in [0.5, 0.6) is 0 Å². The number of hydrogen-bond acceptors (Lipinski definition) is 5. The first-order valence-corrected chi connectivity index (χ1v) is 5.72. The van der Waals surface area contributed by atoms with Crippen LogP contribution in [0, 0.1) is 17.0 Å². The van der Waals surface area contributed by atoms with Crippen LogP contribution in [0.4, 0.5) is 19.0 Å². The highest BCUT2D eigenvalue weighted by Gasteiger charge is 2.57. The van der Waals surface area contributed by atoms with Gasteiger partial charge >= 0.3 is 18.0 Å². The largest absolute Gasteiger partial charge is 0.480 e. The van der Waals surface area contributed by atoms with E-state index in [1.165, 1.54) is 6.92 Å². The van der Waals surface area contributed by atoms with Crippen molar-refractivity contribution in [3.05, 3.63) is 22.1 Å². The van der Waals surface area contributed by atoms with Crippen molar-refractivity contribution in [2.75, 3.05) is 6.54 Å². The number of hydrogen-bond donors (Lipinski definition) is 2. The van der Waals surface area contributed by atoms with Crippen LogP contribution in [0.1, 0.15) is 12.7 Å². The summed E-state index contributed by atoms with van der Waals surface area (Å²) in [6.07, 6.45) is -4.02. The van der Waals surface area contributed by atoms with Gasteiger partial charge in [-0.2, -0.15) is 13.2 Å². The molecule has 0 amide bonds. The number of rotatable bonds is 6. The average Bonchev–Trinajstić information content (AvgIpc) is 2.69. The molecule has 0 spiro atoms. The lowest BCUT2D eigenvalue weighted by Crippen LogP contribution is -2.60. The lowest BCUT2D eigenvalue weighted by molar-refractivity contribution is -0.392. The molecule has 0 saturated carbocycles. The van der Waals surface area contributed by atoms with Crippen LogP contribution in [-0.2, 0) is 11.3 Å². The fraction of sp³-hybridized carbons (Fsp3) is 0.600. The molecule has 8 nitrogen and oxygen atoms in total. The molecule has 1 unspecified atom stereocenters. The van der Waals surface area contributed by atoms with Gasteiger partial charge < -0.3 is 15.2 Å². The third-order valence-electron chi connectivity index (χ3n) is 3.03. The van der Waals surface area contributed by atoms with Gasteiger partial charge in [0, 0.05) is 13.5 Å². The molecular formula is C10H13F3N4O4. The van der Waals surface area contributed by atoms with Crippen molar-refractivity contribution >= 4 is 11.8 Å². The van der Waals surface area contributed by atoms with Crippen molar-refractivity contribution < 1.29 is 28.0 Å². The molecule has 1 rings (SSSR count). The Morgan fingerprint density at radius 1 is 1.57 bits per heavy atom. The molecular weight excluding hydrogens is 297 g/mol. The molecule has 11 heteroatoms.